The number of tetrazole rings is 1. The van der Waals surface area contributed by atoms with Gasteiger partial charge in [0.05, 0.1) is 13.2 Å². The first-order chi connectivity index (χ1) is 12.5. The van der Waals surface area contributed by atoms with Crippen LogP contribution in [0.15, 0.2) is 24.3 Å². The SMILES string of the molecule is Cc1nnnn1[C@H](Cc1ccc(F)cc1)C(=O)N1CCO[C@@H](C(=O)O)C1. The number of carbonyl (C=O) groups is 2. The monoisotopic (exact) mass is 363 g/mol. The van der Waals surface area contributed by atoms with Crippen molar-refractivity contribution in [2.24, 2.45) is 0 Å². The van der Waals surface area contributed by atoms with Crippen molar-refractivity contribution in [3.05, 3.63) is 41.5 Å². The highest BCUT2D eigenvalue weighted by Gasteiger charge is 2.34. The van der Waals surface area contributed by atoms with Gasteiger partial charge in [0.15, 0.2) is 6.10 Å². The molecule has 1 saturated heterocycles. The van der Waals surface area contributed by atoms with Gasteiger partial charge in [0.2, 0.25) is 5.91 Å². The number of benzene rings is 1. The molecule has 2 atom stereocenters. The second kappa shape index (κ2) is 7.56. The Balaban J connectivity index is 1.85. The molecule has 2 aromatic rings. The first-order valence-electron chi connectivity index (χ1n) is 8.08. The van der Waals surface area contributed by atoms with Crippen LogP contribution in [0.1, 0.15) is 17.4 Å². The molecule has 1 aromatic heterocycles. The number of halogens is 1. The Morgan fingerprint density at radius 3 is 2.73 bits per heavy atom. The van der Waals surface area contributed by atoms with Gasteiger partial charge in [0.1, 0.15) is 17.7 Å². The molecule has 9 nitrogen and oxygen atoms in total. The van der Waals surface area contributed by atoms with Crippen molar-refractivity contribution in [1.29, 1.82) is 0 Å². The highest BCUT2D eigenvalue weighted by atomic mass is 19.1. The molecule has 1 aliphatic rings. The Kier molecular flexibility index (Phi) is 5.21. The van der Waals surface area contributed by atoms with Crippen LogP contribution in [0.4, 0.5) is 4.39 Å². The van der Waals surface area contributed by atoms with E-state index in [0.717, 1.165) is 5.56 Å². The van der Waals surface area contributed by atoms with E-state index in [0.29, 0.717) is 5.82 Å². The van der Waals surface area contributed by atoms with Crippen molar-refractivity contribution < 1.29 is 23.8 Å². The largest absolute Gasteiger partial charge is 0.479 e. The number of aromatic nitrogens is 4. The van der Waals surface area contributed by atoms with E-state index < -0.39 is 18.1 Å². The molecule has 3 rings (SSSR count). The van der Waals surface area contributed by atoms with E-state index in [2.05, 4.69) is 15.5 Å². The number of carbonyl (C=O) groups excluding carboxylic acids is 1. The number of carboxylic acid groups (broad SMARTS) is 1. The lowest BCUT2D eigenvalue weighted by Crippen LogP contribution is -2.51. The highest BCUT2D eigenvalue weighted by Crippen LogP contribution is 2.20. The number of carboxylic acids is 1. The lowest BCUT2D eigenvalue weighted by atomic mass is 10.0. The van der Waals surface area contributed by atoms with Gasteiger partial charge >= 0.3 is 5.97 Å². The molecular formula is C16H18FN5O4. The second-order valence-electron chi connectivity index (χ2n) is 6.00. The summed E-state index contributed by atoms with van der Waals surface area (Å²) >= 11 is 0. The quantitative estimate of drug-likeness (QED) is 0.809. The summed E-state index contributed by atoms with van der Waals surface area (Å²) < 4.78 is 19.7. The summed E-state index contributed by atoms with van der Waals surface area (Å²) in [6, 6.07) is 5.06. The number of rotatable bonds is 5. The molecule has 0 unspecified atom stereocenters. The van der Waals surface area contributed by atoms with Gasteiger partial charge < -0.3 is 14.7 Å². The Morgan fingerprint density at radius 2 is 2.12 bits per heavy atom. The maximum atomic E-state index is 13.1. The molecule has 138 valence electrons. The van der Waals surface area contributed by atoms with Gasteiger partial charge in [-0.05, 0) is 35.0 Å². The number of hydrogen-bond acceptors (Lipinski definition) is 6. The second-order valence-corrected chi connectivity index (χ2v) is 6.00. The molecule has 0 aliphatic carbocycles. The maximum absolute atomic E-state index is 13.1. The van der Waals surface area contributed by atoms with Crippen molar-refractivity contribution in [2.75, 3.05) is 19.7 Å². The van der Waals surface area contributed by atoms with Crippen molar-refractivity contribution >= 4 is 11.9 Å². The average molecular weight is 363 g/mol. The van der Waals surface area contributed by atoms with E-state index in [9.17, 15) is 14.0 Å². The van der Waals surface area contributed by atoms with Crippen LogP contribution in [0.2, 0.25) is 0 Å². The minimum atomic E-state index is -1.11. The molecule has 26 heavy (non-hydrogen) atoms. The molecule has 1 N–H and O–H groups in total. The van der Waals surface area contributed by atoms with Crippen LogP contribution in [0.25, 0.3) is 0 Å². The van der Waals surface area contributed by atoms with Crippen LogP contribution in [0.5, 0.6) is 0 Å². The predicted octanol–water partition coefficient (Wildman–Crippen LogP) is 0.216. The van der Waals surface area contributed by atoms with Gasteiger partial charge in [-0.2, -0.15) is 0 Å². The molecule has 0 radical (unpaired) electrons. The first kappa shape index (κ1) is 17.9. The third-order valence-electron chi connectivity index (χ3n) is 4.23. The standard InChI is InChI=1S/C16H18FN5O4/c1-10-18-19-20-22(10)13(8-11-2-4-12(17)5-3-11)15(23)21-6-7-26-14(9-21)16(24)25/h2-5,13-14H,6-9H2,1H3,(H,24,25)/t13-,14-/m1/s1. The summed E-state index contributed by atoms with van der Waals surface area (Å²) in [6.07, 6.45) is -0.811. The lowest BCUT2D eigenvalue weighted by Gasteiger charge is -2.33. The van der Waals surface area contributed by atoms with E-state index >= 15 is 0 Å². The highest BCUT2D eigenvalue weighted by molar-refractivity contribution is 5.82. The van der Waals surface area contributed by atoms with Crippen LogP contribution in [-0.4, -0.2) is 67.9 Å². The van der Waals surface area contributed by atoms with E-state index in [1.54, 1.807) is 19.1 Å². The van der Waals surface area contributed by atoms with E-state index in [4.69, 9.17) is 9.84 Å². The number of amides is 1. The Bertz CT molecular complexity index is 794. The molecule has 10 heteroatoms. The minimum absolute atomic E-state index is 0.0464. The number of aryl methyl sites for hydroxylation is 1. The zero-order chi connectivity index (χ0) is 18.7. The fourth-order valence-corrected chi connectivity index (χ4v) is 2.86. The number of aliphatic carboxylic acids is 1. The van der Waals surface area contributed by atoms with Crippen molar-refractivity contribution in [3.8, 4) is 0 Å². The summed E-state index contributed by atoms with van der Waals surface area (Å²) in [5.74, 6) is -1.34. The lowest BCUT2D eigenvalue weighted by molar-refractivity contribution is -0.160. The van der Waals surface area contributed by atoms with E-state index in [1.807, 2.05) is 0 Å². The van der Waals surface area contributed by atoms with Gasteiger partial charge in [-0.15, -0.1) is 5.10 Å². The normalized spacial score (nSPS) is 18.5. The summed E-state index contributed by atoms with van der Waals surface area (Å²) in [5.41, 5.74) is 0.739. The summed E-state index contributed by atoms with van der Waals surface area (Å²) in [7, 11) is 0. The van der Waals surface area contributed by atoms with Crippen LogP contribution in [-0.2, 0) is 20.7 Å². The maximum Gasteiger partial charge on any atom is 0.334 e. The predicted molar refractivity (Wildman–Crippen MR) is 85.7 cm³/mol. The number of hydrogen-bond donors (Lipinski definition) is 1. The number of nitrogens with zero attached hydrogens (tertiary/aromatic N) is 5. The van der Waals surface area contributed by atoms with E-state index in [-0.39, 0.29) is 37.8 Å². The van der Waals surface area contributed by atoms with Gasteiger partial charge in [-0.25, -0.2) is 13.9 Å². The molecule has 0 spiro atoms. The fourth-order valence-electron chi connectivity index (χ4n) is 2.86. The first-order valence-corrected chi connectivity index (χ1v) is 8.08. The molecular weight excluding hydrogens is 345 g/mol. The number of morpholine rings is 1. The zero-order valence-corrected chi connectivity index (χ0v) is 14.1. The third kappa shape index (κ3) is 3.85. The van der Waals surface area contributed by atoms with Crippen molar-refractivity contribution in [3.63, 3.8) is 0 Å². The van der Waals surface area contributed by atoms with Crippen molar-refractivity contribution in [2.45, 2.75) is 25.5 Å². The minimum Gasteiger partial charge on any atom is -0.479 e. The molecule has 2 heterocycles. The zero-order valence-electron chi connectivity index (χ0n) is 14.1. The van der Waals surface area contributed by atoms with Crippen LogP contribution >= 0.6 is 0 Å². The summed E-state index contributed by atoms with van der Waals surface area (Å²) in [6.45, 7) is 2.05. The van der Waals surface area contributed by atoms with Gasteiger partial charge in [0.25, 0.3) is 0 Å². The molecule has 0 bridgehead atoms. The molecule has 1 fully saturated rings. The van der Waals surface area contributed by atoms with E-state index in [1.165, 1.54) is 21.7 Å². The van der Waals surface area contributed by atoms with Crippen LogP contribution in [0.3, 0.4) is 0 Å². The molecule has 0 saturated carbocycles. The van der Waals surface area contributed by atoms with Gasteiger partial charge in [-0.3, -0.25) is 4.79 Å². The fraction of sp³-hybridized carbons (Fsp3) is 0.438. The number of ether oxygens (including phenoxy) is 1. The van der Waals surface area contributed by atoms with Crippen LogP contribution < -0.4 is 0 Å². The molecule has 1 aliphatic heterocycles. The Hall–Kier alpha value is -2.88. The summed E-state index contributed by atoms with van der Waals surface area (Å²) in [4.78, 5) is 25.7. The topological polar surface area (TPSA) is 110 Å². The van der Waals surface area contributed by atoms with Crippen LogP contribution in [0, 0.1) is 12.7 Å². The third-order valence-corrected chi connectivity index (χ3v) is 4.23. The Labute approximate surface area is 148 Å². The average Bonchev–Trinajstić information content (AvgIpc) is 3.06. The molecule has 1 aromatic carbocycles. The Morgan fingerprint density at radius 1 is 1.38 bits per heavy atom. The summed E-state index contributed by atoms with van der Waals surface area (Å²) in [5, 5.41) is 20.4. The smallest absolute Gasteiger partial charge is 0.334 e. The van der Waals surface area contributed by atoms with Gasteiger partial charge in [-0.1, -0.05) is 12.1 Å². The molecule has 1 amide bonds. The van der Waals surface area contributed by atoms with Crippen molar-refractivity contribution in [1.82, 2.24) is 25.1 Å². The van der Waals surface area contributed by atoms with Gasteiger partial charge in [0, 0.05) is 13.0 Å².